The fourth-order valence-corrected chi connectivity index (χ4v) is 2.51. The molecule has 0 atom stereocenters. The van der Waals surface area contributed by atoms with Crippen molar-refractivity contribution in [1.82, 2.24) is 15.5 Å². The number of halogens is 1. The van der Waals surface area contributed by atoms with Crippen molar-refractivity contribution in [3.63, 3.8) is 0 Å². The molecule has 1 aromatic carbocycles. The molecule has 0 radical (unpaired) electrons. The van der Waals surface area contributed by atoms with Crippen LogP contribution in [-0.2, 0) is 6.54 Å². The summed E-state index contributed by atoms with van der Waals surface area (Å²) in [4.78, 5) is 13.1. The molecular weight excluding hydrogens is 310 g/mol. The van der Waals surface area contributed by atoms with E-state index in [4.69, 9.17) is 4.74 Å². The van der Waals surface area contributed by atoms with Crippen LogP contribution in [-0.4, -0.2) is 44.2 Å². The molecular formula is C13H18BrN3O2. The Morgan fingerprint density at radius 2 is 2.37 bits per heavy atom. The summed E-state index contributed by atoms with van der Waals surface area (Å²) in [7, 11) is 1.92. The molecule has 6 heteroatoms. The number of amides is 2. The first kappa shape index (κ1) is 14.1. The Balaban J connectivity index is 1.84. The molecule has 5 nitrogen and oxygen atoms in total. The van der Waals surface area contributed by atoms with Crippen LogP contribution >= 0.6 is 15.9 Å². The molecule has 1 aromatic rings. The number of nitrogens with one attached hydrogen (secondary N) is 2. The number of carbonyl (C=O) groups excluding carboxylic acids is 1. The van der Waals surface area contributed by atoms with Crippen LogP contribution in [0, 0.1) is 0 Å². The van der Waals surface area contributed by atoms with Gasteiger partial charge in [-0.2, -0.15) is 0 Å². The first-order valence-electron chi connectivity index (χ1n) is 6.29. The van der Waals surface area contributed by atoms with Gasteiger partial charge in [0, 0.05) is 19.6 Å². The fraction of sp³-hybridized carbons (Fsp3) is 0.462. The maximum absolute atomic E-state index is 11.3. The number of hydrogen-bond acceptors (Lipinski definition) is 3. The maximum atomic E-state index is 11.3. The predicted molar refractivity (Wildman–Crippen MR) is 77.4 cm³/mol. The average molecular weight is 328 g/mol. The summed E-state index contributed by atoms with van der Waals surface area (Å²) in [6.07, 6.45) is 0. The lowest BCUT2D eigenvalue weighted by Crippen LogP contribution is -2.31. The standard InChI is InChI=1S/C13H18BrN3O2/c1-15-9-10-2-3-12(11(14)8-10)19-7-6-17-5-4-16-13(17)18/h2-3,8,15H,4-7,9H2,1H3,(H,16,18). The van der Waals surface area contributed by atoms with Crippen LogP contribution in [0.4, 0.5) is 4.79 Å². The molecule has 1 saturated heterocycles. The summed E-state index contributed by atoms with van der Waals surface area (Å²) in [6, 6.07) is 6.00. The SMILES string of the molecule is CNCc1ccc(OCCN2CCNC2=O)c(Br)c1. The van der Waals surface area contributed by atoms with Gasteiger partial charge >= 0.3 is 6.03 Å². The van der Waals surface area contributed by atoms with Gasteiger partial charge in [0.05, 0.1) is 11.0 Å². The van der Waals surface area contributed by atoms with Gasteiger partial charge in [-0.25, -0.2) is 4.79 Å². The Bertz CT molecular complexity index is 454. The van der Waals surface area contributed by atoms with Crippen LogP contribution in [0.15, 0.2) is 22.7 Å². The highest BCUT2D eigenvalue weighted by Crippen LogP contribution is 2.26. The lowest BCUT2D eigenvalue weighted by molar-refractivity contribution is 0.202. The highest BCUT2D eigenvalue weighted by molar-refractivity contribution is 9.10. The summed E-state index contributed by atoms with van der Waals surface area (Å²) in [5.74, 6) is 0.805. The van der Waals surface area contributed by atoms with Crippen LogP contribution in [0.2, 0.25) is 0 Å². The molecule has 104 valence electrons. The van der Waals surface area contributed by atoms with E-state index in [0.29, 0.717) is 13.2 Å². The number of hydrogen-bond donors (Lipinski definition) is 2. The molecule has 0 aliphatic carbocycles. The summed E-state index contributed by atoms with van der Waals surface area (Å²) < 4.78 is 6.63. The van der Waals surface area contributed by atoms with Gasteiger partial charge in [0.15, 0.2) is 0 Å². The van der Waals surface area contributed by atoms with Crippen molar-refractivity contribution in [2.45, 2.75) is 6.54 Å². The van der Waals surface area contributed by atoms with Gasteiger partial charge in [-0.3, -0.25) is 0 Å². The topological polar surface area (TPSA) is 53.6 Å². The fourth-order valence-electron chi connectivity index (χ4n) is 1.97. The van der Waals surface area contributed by atoms with Crippen molar-refractivity contribution in [3.8, 4) is 5.75 Å². The Labute approximate surface area is 121 Å². The molecule has 2 N–H and O–H groups in total. The zero-order chi connectivity index (χ0) is 13.7. The normalized spacial score (nSPS) is 14.6. The Morgan fingerprint density at radius 3 is 3.00 bits per heavy atom. The Hall–Kier alpha value is -1.27. The number of benzene rings is 1. The Morgan fingerprint density at radius 1 is 1.53 bits per heavy atom. The Kier molecular flexibility index (Phi) is 5.04. The van der Waals surface area contributed by atoms with Crippen molar-refractivity contribution >= 4 is 22.0 Å². The van der Waals surface area contributed by atoms with Gasteiger partial charge in [-0.15, -0.1) is 0 Å². The van der Waals surface area contributed by atoms with E-state index in [1.165, 1.54) is 5.56 Å². The maximum Gasteiger partial charge on any atom is 0.317 e. The monoisotopic (exact) mass is 327 g/mol. The quantitative estimate of drug-likeness (QED) is 0.834. The van der Waals surface area contributed by atoms with Crippen molar-refractivity contribution in [1.29, 1.82) is 0 Å². The molecule has 2 rings (SSSR count). The van der Waals surface area contributed by atoms with E-state index >= 15 is 0 Å². The van der Waals surface area contributed by atoms with Gasteiger partial charge in [0.25, 0.3) is 0 Å². The third-order valence-corrected chi connectivity index (χ3v) is 3.56. The summed E-state index contributed by atoms with van der Waals surface area (Å²) >= 11 is 3.50. The molecule has 1 aliphatic rings. The number of ether oxygens (including phenoxy) is 1. The van der Waals surface area contributed by atoms with Gasteiger partial charge in [0.2, 0.25) is 0 Å². The lowest BCUT2D eigenvalue weighted by atomic mass is 10.2. The minimum atomic E-state index is -0.00738. The van der Waals surface area contributed by atoms with E-state index in [0.717, 1.165) is 29.9 Å². The summed E-state index contributed by atoms with van der Waals surface area (Å²) in [6.45, 7) is 3.41. The minimum absolute atomic E-state index is 0.00738. The highest BCUT2D eigenvalue weighted by Gasteiger charge is 2.18. The van der Waals surface area contributed by atoms with Gasteiger partial charge in [-0.05, 0) is 40.7 Å². The summed E-state index contributed by atoms with van der Waals surface area (Å²) in [5, 5.41) is 5.87. The first-order valence-corrected chi connectivity index (χ1v) is 7.08. The van der Waals surface area contributed by atoms with E-state index in [-0.39, 0.29) is 6.03 Å². The molecule has 2 amide bonds. The number of nitrogens with zero attached hydrogens (tertiary/aromatic N) is 1. The third-order valence-electron chi connectivity index (χ3n) is 2.94. The second kappa shape index (κ2) is 6.77. The van der Waals surface area contributed by atoms with E-state index in [1.807, 2.05) is 25.2 Å². The van der Waals surface area contributed by atoms with E-state index in [9.17, 15) is 4.79 Å². The number of carbonyl (C=O) groups is 1. The second-order valence-corrected chi connectivity index (χ2v) is 5.22. The predicted octanol–water partition coefficient (Wildman–Crippen LogP) is 1.57. The minimum Gasteiger partial charge on any atom is -0.491 e. The molecule has 0 unspecified atom stereocenters. The number of rotatable bonds is 6. The molecule has 19 heavy (non-hydrogen) atoms. The van der Waals surface area contributed by atoms with E-state index in [2.05, 4.69) is 26.6 Å². The zero-order valence-corrected chi connectivity index (χ0v) is 12.5. The van der Waals surface area contributed by atoms with Gasteiger partial charge < -0.3 is 20.3 Å². The van der Waals surface area contributed by atoms with Crippen LogP contribution in [0.1, 0.15) is 5.56 Å². The summed E-state index contributed by atoms with van der Waals surface area (Å²) in [5.41, 5.74) is 1.20. The van der Waals surface area contributed by atoms with Gasteiger partial charge in [-0.1, -0.05) is 6.07 Å². The second-order valence-electron chi connectivity index (χ2n) is 4.36. The third kappa shape index (κ3) is 3.84. The molecule has 0 bridgehead atoms. The average Bonchev–Trinajstić information content (AvgIpc) is 2.78. The first-order chi connectivity index (χ1) is 9.20. The largest absolute Gasteiger partial charge is 0.491 e. The van der Waals surface area contributed by atoms with Crippen LogP contribution in [0.3, 0.4) is 0 Å². The van der Waals surface area contributed by atoms with Crippen LogP contribution < -0.4 is 15.4 Å². The molecule has 0 aromatic heterocycles. The number of urea groups is 1. The van der Waals surface area contributed by atoms with Crippen LogP contribution in [0.25, 0.3) is 0 Å². The van der Waals surface area contributed by atoms with Gasteiger partial charge in [0.1, 0.15) is 12.4 Å². The van der Waals surface area contributed by atoms with Crippen molar-refractivity contribution < 1.29 is 9.53 Å². The van der Waals surface area contributed by atoms with E-state index < -0.39 is 0 Å². The molecule has 1 fully saturated rings. The molecule has 0 saturated carbocycles. The smallest absolute Gasteiger partial charge is 0.317 e. The van der Waals surface area contributed by atoms with Crippen molar-refractivity contribution in [2.75, 3.05) is 33.3 Å². The zero-order valence-electron chi connectivity index (χ0n) is 10.9. The molecule has 1 aliphatic heterocycles. The van der Waals surface area contributed by atoms with Crippen LogP contribution in [0.5, 0.6) is 5.75 Å². The molecule has 1 heterocycles. The lowest BCUT2D eigenvalue weighted by Gasteiger charge is -2.15. The highest BCUT2D eigenvalue weighted by atomic mass is 79.9. The van der Waals surface area contributed by atoms with Crippen molar-refractivity contribution in [3.05, 3.63) is 28.2 Å². The molecule has 0 spiro atoms. The van der Waals surface area contributed by atoms with Crippen molar-refractivity contribution in [2.24, 2.45) is 0 Å². The van der Waals surface area contributed by atoms with E-state index in [1.54, 1.807) is 4.90 Å².